The quantitative estimate of drug-likeness (QED) is 0.185. The number of rotatable bonds is 14. The van der Waals surface area contributed by atoms with Crippen LogP contribution < -0.4 is 20.9 Å². The average molecular weight is 443 g/mol. The molecule has 1 amide bonds. The molecule has 0 heterocycles. The highest BCUT2D eigenvalue weighted by atomic mass is 32.2. The molecule has 0 unspecified atom stereocenters. The molecule has 0 aliphatic carbocycles. The van der Waals surface area contributed by atoms with Crippen LogP contribution in [0, 0.1) is 0 Å². The van der Waals surface area contributed by atoms with Crippen molar-refractivity contribution in [2.45, 2.75) is 51.5 Å². The normalized spacial score (nSPS) is 12.2. The first kappa shape index (κ1) is 25.4. The molecule has 0 spiro atoms. The van der Waals surface area contributed by atoms with E-state index in [2.05, 4.69) is 9.71 Å². The number of sulfonamides is 1. The summed E-state index contributed by atoms with van der Waals surface area (Å²) in [7, 11) is -3.65. The number of guanidine groups is 1. The van der Waals surface area contributed by atoms with Gasteiger partial charge in [-0.2, -0.15) is 4.99 Å². The predicted molar refractivity (Wildman–Crippen MR) is 114 cm³/mol. The number of nitrogens with one attached hydrogen (secondary N) is 1. The van der Waals surface area contributed by atoms with Crippen molar-refractivity contribution in [3.8, 4) is 5.75 Å². The zero-order valence-corrected chi connectivity index (χ0v) is 17.9. The van der Waals surface area contributed by atoms with E-state index in [4.69, 9.17) is 16.2 Å². The van der Waals surface area contributed by atoms with Gasteiger partial charge in [-0.3, -0.25) is 9.59 Å². The van der Waals surface area contributed by atoms with Crippen molar-refractivity contribution in [3.05, 3.63) is 29.8 Å². The second kappa shape index (κ2) is 12.8. The zero-order chi connectivity index (χ0) is 22.6. The molecule has 0 aromatic heterocycles. The molecule has 0 saturated carbocycles. The molecule has 168 valence electrons. The summed E-state index contributed by atoms with van der Waals surface area (Å²) in [6, 6.07) is 5.51. The third-order valence-corrected chi connectivity index (χ3v) is 5.53. The van der Waals surface area contributed by atoms with Crippen molar-refractivity contribution < 1.29 is 27.9 Å². The summed E-state index contributed by atoms with van der Waals surface area (Å²) in [5.41, 5.74) is 10.9. The highest BCUT2D eigenvalue weighted by Gasteiger charge is 2.24. The van der Waals surface area contributed by atoms with Gasteiger partial charge in [0.05, 0.1) is 12.4 Å². The van der Waals surface area contributed by atoms with Gasteiger partial charge in [0.15, 0.2) is 5.96 Å². The standard InChI is InChI=1S/C19H30N4O6S/c1-2-3-12-30(27,28)23-16(18(25)26)13-14-7-9-15(10-8-14)29-11-5-4-6-17(24)22-19(20)21/h7-10,16,23H,2-6,11-13H2,1H3,(H,25,26)(H4,20,21,22,24)/t16-/m0/s1. The highest BCUT2D eigenvalue weighted by molar-refractivity contribution is 7.89. The van der Waals surface area contributed by atoms with E-state index < -0.39 is 22.0 Å². The number of ether oxygens (including phenoxy) is 1. The number of hydrogen-bond donors (Lipinski definition) is 4. The molecule has 6 N–H and O–H groups in total. The van der Waals surface area contributed by atoms with Crippen LogP contribution in [-0.4, -0.2) is 49.8 Å². The maximum Gasteiger partial charge on any atom is 0.322 e. The Kier molecular flexibility index (Phi) is 10.8. The Bertz CT molecular complexity index is 820. The molecule has 0 saturated heterocycles. The third-order valence-electron chi connectivity index (χ3n) is 4.06. The first-order valence-corrected chi connectivity index (χ1v) is 11.3. The zero-order valence-electron chi connectivity index (χ0n) is 17.0. The summed E-state index contributed by atoms with van der Waals surface area (Å²) in [4.78, 5) is 26.2. The fraction of sp³-hybridized carbons (Fsp3) is 0.526. The number of nitrogens with two attached hydrogens (primary N) is 2. The molecule has 1 atom stereocenters. The summed E-state index contributed by atoms with van der Waals surface area (Å²) in [5, 5.41) is 9.33. The van der Waals surface area contributed by atoms with E-state index in [1.807, 2.05) is 6.92 Å². The van der Waals surface area contributed by atoms with E-state index in [-0.39, 0.29) is 30.5 Å². The number of amides is 1. The molecular formula is C19H30N4O6S. The van der Waals surface area contributed by atoms with Crippen LogP contribution in [0.5, 0.6) is 5.75 Å². The number of carbonyl (C=O) groups is 2. The summed E-state index contributed by atoms with van der Waals surface area (Å²) in [6.07, 6.45) is 2.63. The van der Waals surface area contributed by atoms with E-state index in [1.54, 1.807) is 24.3 Å². The van der Waals surface area contributed by atoms with E-state index >= 15 is 0 Å². The lowest BCUT2D eigenvalue weighted by Crippen LogP contribution is -2.43. The van der Waals surface area contributed by atoms with Crippen LogP contribution in [0.1, 0.15) is 44.6 Å². The molecule has 1 rings (SSSR count). The van der Waals surface area contributed by atoms with Gasteiger partial charge in [-0.15, -0.1) is 0 Å². The Morgan fingerprint density at radius 2 is 1.83 bits per heavy atom. The number of carboxylic acid groups (broad SMARTS) is 1. The Morgan fingerprint density at radius 1 is 1.17 bits per heavy atom. The highest BCUT2D eigenvalue weighted by Crippen LogP contribution is 2.15. The first-order chi connectivity index (χ1) is 14.1. The van der Waals surface area contributed by atoms with E-state index in [9.17, 15) is 23.1 Å². The van der Waals surface area contributed by atoms with Gasteiger partial charge in [0.25, 0.3) is 0 Å². The number of carboxylic acids is 1. The second-order valence-electron chi connectivity index (χ2n) is 6.77. The maximum atomic E-state index is 12.0. The first-order valence-electron chi connectivity index (χ1n) is 9.70. The van der Waals surface area contributed by atoms with Gasteiger partial charge in [0.1, 0.15) is 11.8 Å². The Labute approximate surface area is 176 Å². The van der Waals surface area contributed by atoms with Crippen LogP contribution in [0.15, 0.2) is 29.3 Å². The minimum Gasteiger partial charge on any atom is -0.494 e. The monoisotopic (exact) mass is 442 g/mol. The molecule has 30 heavy (non-hydrogen) atoms. The van der Waals surface area contributed by atoms with Crippen molar-refractivity contribution >= 4 is 27.9 Å². The van der Waals surface area contributed by atoms with Gasteiger partial charge >= 0.3 is 5.97 Å². The van der Waals surface area contributed by atoms with Crippen molar-refractivity contribution in [3.63, 3.8) is 0 Å². The SMILES string of the molecule is CCCCS(=O)(=O)N[C@@H](Cc1ccc(OCCCCC(=O)N=C(N)N)cc1)C(=O)O. The Hall–Kier alpha value is -2.66. The van der Waals surface area contributed by atoms with Gasteiger partial charge in [-0.25, -0.2) is 13.1 Å². The van der Waals surface area contributed by atoms with Crippen molar-refractivity contribution in [1.82, 2.24) is 4.72 Å². The van der Waals surface area contributed by atoms with E-state index in [0.29, 0.717) is 43.6 Å². The number of unbranched alkanes of at least 4 members (excludes halogenated alkanes) is 2. The van der Waals surface area contributed by atoms with E-state index in [0.717, 1.165) is 0 Å². The summed E-state index contributed by atoms with van der Waals surface area (Å²) >= 11 is 0. The van der Waals surface area contributed by atoms with Crippen molar-refractivity contribution in [2.24, 2.45) is 16.5 Å². The van der Waals surface area contributed by atoms with Crippen LogP contribution in [-0.2, 0) is 26.0 Å². The topological polar surface area (TPSA) is 174 Å². The molecular weight excluding hydrogens is 412 g/mol. The largest absolute Gasteiger partial charge is 0.494 e. The van der Waals surface area contributed by atoms with Crippen LogP contribution >= 0.6 is 0 Å². The summed E-state index contributed by atoms with van der Waals surface area (Å²) in [5.74, 6) is -1.37. The third kappa shape index (κ3) is 10.8. The minimum atomic E-state index is -3.65. The summed E-state index contributed by atoms with van der Waals surface area (Å²) in [6.45, 7) is 2.25. The van der Waals surface area contributed by atoms with Crippen molar-refractivity contribution in [1.29, 1.82) is 0 Å². The molecule has 0 aliphatic heterocycles. The minimum absolute atomic E-state index is 0.0217. The molecule has 10 nitrogen and oxygen atoms in total. The predicted octanol–water partition coefficient (Wildman–Crippen LogP) is 0.751. The van der Waals surface area contributed by atoms with Crippen LogP contribution in [0.25, 0.3) is 0 Å². The second-order valence-corrected chi connectivity index (χ2v) is 8.64. The van der Waals surface area contributed by atoms with Gasteiger partial charge in [-0.1, -0.05) is 25.5 Å². The number of hydrogen-bond acceptors (Lipinski definition) is 5. The van der Waals surface area contributed by atoms with Gasteiger partial charge in [0.2, 0.25) is 15.9 Å². The number of aliphatic carboxylic acids is 1. The number of carbonyl (C=O) groups excluding carboxylic acids is 1. The van der Waals surface area contributed by atoms with Crippen LogP contribution in [0.2, 0.25) is 0 Å². The Balaban J connectivity index is 2.49. The number of aliphatic imine (C=N–C) groups is 1. The molecule has 0 fully saturated rings. The fourth-order valence-corrected chi connectivity index (χ4v) is 3.92. The molecule has 0 bridgehead atoms. The molecule has 0 aliphatic rings. The molecule has 11 heteroatoms. The lowest BCUT2D eigenvalue weighted by Gasteiger charge is -2.15. The smallest absolute Gasteiger partial charge is 0.322 e. The fourth-order valence-electron chi connectivity index (χ4n) is 2.52. The molecule has 1 aromatic rings. The molecule has 1 aromatic carbocycles. The Morgan fingerprint density at radius 3 is 2.40 bits per heavy atom. The van der Waals surface area contributed by atoms with Gasteiger partial charge in [-0.05, 0) is 43.4 Å². The van der Waals surface area contributed by atoms with Gasteiger partial charge in [0, 0.05) is 6.42 Å². The lowest BCUT2D eigenvalue weighted by molar-refractivity contribution is -0.138. The van der Waals surface area contributed by atoms with E-state index in [1.165, 1.54) is 0 Å². The number of nitrogens with zero attached hydrogens (tertiary/aromatic N) is 1. The van der Waals surface area contributed by atoms with Crippen molar-refractivity contribution in [2.75, 3.05) is 12.4 Å². The maximum absolute atomic E-state index is 12.0. The average Bonchev–Trinajstić information content (AvgIpc) is 2.66. The van der Waals surface area contributed by atoms with Crippen LogP contribution in [0.4, 0.5) is 0 Å². The lowest BCUT2D eigenvalue weighted by atomic mass is 10.1. The van der Waals surface area contributed by atoms with Gasteiger partial charge < -0.3 is 21.3 Å². The van der Waals surface area contributed by atoms with Crippen LogP contribution in [0.3, 0.4) is 0 Å². The number of benzene rings is 1. The molecule has 0 radical (unpaired) electrons. The summed E-state index contributed by atoms with van der Waals surface area (Å²) < 4.78 is 31.8.